The van der Waals surface area contributed by atoms with E-state index in [4.69, 9.17) is 15.2 Å². The molecule has 0 aromatic heterocycles. The van der Waals surface area contributed by atoms with Crippen molar-refractivity contribution in [1.82, 2.24) is 0 Å². The fourth-order valence-electron chi connectivity index (χ4n) is 6.22. The Kier molecular flexibility index (Phi) is 33.7. The van der Waals surface area contributed by atoms with Crippen molar-refractivity contribution in [3.8, 4) is 0 Å². The van der Waals surface area contributed by atoms with Gasteiger partial charge in [0.1, 0.15) is 17.7 Å². The highest BCUT2D eigenvalue weighted by atomic mass is 16.6. The van der Waals surface area contributed by atoms with Crippen LogP contribution in [-0.2, 0) is 19.1 Å². The lowest BCUT2D eigenvalue weighted by atomic mass is 10.0. The molecule has 5 nitrogen and oxygen atoms in total. The smallest absolute Gasteiger partial charge is 0.323 e. The predicted molar refractivity (Wildman–Crippen MR) is 212 cm³/mol. The summed E-state index contributed by atoms with van der Waals surface area (Å²) >= 11 is 0. The number of rotatable bonds is 35. The normalized spacial score (nSPS) is 13.3. The lowest BCUT2D eigenvalue weighted by molar-refractivity contribution is -0.161. The van der Waals surface area contributed by atoms with Gasteiger partial charge in [0, 0.05) is 0 Å². The van der Waals surface area contributed by atoms with Crippen molar-refractivity contribution in [2.45, 2.75) is 245 Å². The molecule has 0 aromatic carbocycles. The molecule has 1 unspecified atom stereocenters. The third-order valence-corrected chi connectivity index (χ3v) is 9.22. The molecule has 5 heteroatoms. The molecule has 288 valence electrons. The Bertz CT molecular complexity index is 799. The van der Waals surface area contributed by atoms with E-state index in [0.29, 0.717) is 0 Å². The van der Waals surface area contributed by atoms with Crippen LogP contribution in [0.1, 0.15) is 227 Å². The Morgan fingerprint density at radius 3 is 1.20 bits per heavy atom. The topological polar surface area (TPSA) is 78.6 Å². The highest BCUT2D eigenvalue weighted by Crippen LogP contribution is 2.19. The van der Waals surface area contributed by atoms with Gasteiger partial charge in [0.2, 0.25) is 0 Å². The number of hydrogen-bond acceptors (Lipinski definition) is 5. The van der Waals surface area contributed by atoms with Crippen LogP contribution in [0, 0.1) is 0 Å². The first kappa shape index (κ1) is 47.4. The molecule has 0 spiro atoms. The average molecular weight is 690 g/mol. The molecule has 0 saturated carbocycles. The highest BCUT2D eigenvalue weighted by Gasteiger charge is 2.25. The Balaban J connectivity index is 4.29. The quantitative estimate of drug-likeness (QED) is 0.0407. The molecule has 0 aliphatic heterocycles. The molecule has 0 amide bonds. The second-order valence-electron chi connectivity index (χ2n) is 15.6. The summed E-state index contributed by atoms with van der Waals surface area (Å²) in [5.41, 5.74) is 5.48. The average Bonchev–Trinajstić information content (AvgIpc) is 3.05. The molecule has 2 N–H and O–H groups in total. The van der Waals surface area contributed by atoms with Crippen LogP contribution in [0.15, 0.2) is 24.3 Å². The maximum absolute atomic E-state index is 12.8. The molecule has 0 rings (SSSR count). The van der Waals surface area contributed by atoms with Gasteiger partial charge in [-0.1, -0.05) is 147 Å². The summed E-state index contributed by atoms with van der Waals surface area (Å²) in [7, 11) is 0. The predicted octanol–water partition coefficient (Wildman–Crippen LogP) is 13.4. The van der Waals surface area contributed by atoms with Crippen molar-refractivity contribution in [3.05, 3.63) is 24.3 Å². The summed E-state index contributed by atoms with van der Waals surface area (Å²) < 4.78 is 11.3. The number of hydrogen-bond donors (Lipinski definition) is 1. The summed E-state index contributed by atoms with van der Waals surface area (Å²) in [6, 6.07) is -0.980. The first-order valence-corrected chi connectivity index (χ1v) is 21.2. The maximum Gasteiger partial charge on any atom is 0.323 e. The van der Waals surface area contributed by atoms with Crippen LogP contribution in [0.3, 0.4) is 0 Å². The summed E-state index contributed by atoms with van der Waals surface area (Å²) in [4.78, 5) is 25.0. The van der Waals surface area contributed by atoms with E-state index in [2.05, 4.69) is 38.2 Å². The van der Waals surface area contributed by atoms with Crippen LogP contribution >= 0.6 is 0 Å². The summed E-state index contributed by atoms with van der Waals surface area (Å²) in [5, 5.41) is 0. The Labute approximate surface area is 305 Å². The monoisotopic (exact) mass is 690 g/mol. The van der Waals surface area contributed by atoms with Crippen LogP contribution in [-0.4, -0.2) is 29.7 Å². The first-order valence-electron chi connectivity index (χ1n) is 21.2. The van der Waals surface area contributed by atoms with E-state index >= 15 is 0 Å². The largest absolute Gasteiger partial charge is 0.461 e. The molecule has 0 aliphatic carbocycles. The maximum atomic E-state index is 12.8. The zero-order chi connectivity index (χ0) is 36.3. The highest BCUT2D eigenvalue weighted by molar-refractivity contribution is 5.82. The molecular weight excluding hydrogens is 606 g/mol. The third-order valence-electron chi connectivity index (χ3n) is 9.22. The molecule has 0 saturated heterocycles. The van der Waals surface area contributed by atoms with Gasteiger partial charge in [-0.2, -0.15) is 0 Å². The van der Waals surface area contributed by atoms with E-state index in [1.165, 1.54) is 148 Å². The van der Waals surface area contributed by atoms with Gasteiger partial charge in [0.25, 0.3) is 0 Å². The van der Waals surface area contributed by atoms with Crippen LogP contribution < -0.4 is 5.73 Å². The lowest BCUT2D eigenvalue weighted by Gasteiger charge is -2.22. The van der Waals surface area contributed by atoms with Crippen molar-refractivity contribution < 1.29 is 19.1 Å². The molecule has 0 aromatic rings. The third kappa shape index (κ3) is 36.0. The van der Waals surface area contributed by atoms with E-state index in [1.54, 1.807) is 0 Å². The van der Waals surface area contributed by atoms with Crippen molar-refractivity contribution in [2.75, 3.05) is 0 Å². The first-order chi connectivity index (χ1) is 23.7. The molecule has 0 aliphatic rings. The zero-order valence-electron chi connectivity index (χ0n) is 33.4. The number of unbranched alkanes of at least 4 members (excludes halogenated alkanes) is 23. The molecule has 0 fully saturated rings. The molecule has 2 atom stereocenters. The minimum atomic E-state index is -0.980. The lowest BCUT2D eigenvalue weighted by Crippen LogP contribution is -2.38. The Morgan fingerprint density at radius 1 is 0.531 bits per heavy atom. The summed E-state index contributed by atoms with van der Waals surface area (Å²) in [6.07, 6.45) is 45.4. The van der Waals surface area contributed by atoms with Gasteiger partial charge in [-0.05, 0) is 97.8 Å². The van der Waals surface area contributed by atoms with E-state index in [9.17, 15) is 9.59 Å². The Morgan fingerprint density at radius 2 is 0.857 bits per heavy atom. The van der Waals surface area contributed by atoms with Gasteiger partial charge in [0.05, 0.1) is 6.42 Å². The van der Waals surface area contributed by atoms with Gasteiger partial charge >= 0.3 is 11.9 Å². The molecule has 49 heavy (non-hydrogen) atoms. The van der Waals surface area contributed by atoms with Gasteiger partial charge in [-0.15, -0.1) is 0 Å². The zero-order valence-corrected chi connectivity index (χ0v) is 33.4. The van der Waals surface area contributed by atoms with Crippen molar-refractivity contribution in [3.63, 3.8) is 0 Å². The van der Waals surface area contributed by atoms with Crippen molar-refractivity contribution in [1.29, 1.82) is 0 Å². The Hall–Kier alpha value is -1.62. The SMILES string of the molecule is CCCCCCCC/C=C\CCCCCCCCC(CCCCCCC/C=C\CCCCCCCC)OC(=O)[C@@H](N)CC(=O)OC(C)(C)C. The number of allylic oxidation sites excluding steroid dienone is 4. The summed E-state index contributed by atoms with van der Waals surface area (Å²) in [5.74, 6) is -0.938. The van der Waals surface area contributed by atoms with E-state index < -0.39 is 23.6 Å². The molecular formula is C44H83NO4. The van der Waals surface area contributed by atoms with E-state index in [0.717, 1.165) is 38.5 Å². The van der Waals surface area contributed by atoms with E-state index in [-0.39, 0.29) is 12.5 Å². The fraction of sp³-hybridized carbons (Fsp3) is 0.864. The number of esters is 2. The molecule has 0 radical (unpaired) electrons. The van der Waals surface area contributed by atoms with E-state index in [1.807, 2.05) is 20.8 Å². The fourth-order valence-corrected chi connectivity index (χ4v) is 6.22. The standard InChI is InChI=1S/C44H83NO4/c1-6-8-10-12-14-16-18-20-22-24-26-28-30-32-34-36-38-40(48-43(47)41(45)39-42(46)49-44(3,4)5)37-35-33-31-29-27-25-23-21-19-17-15-13-11-9-7-2/h20-23,40-41H,6-19,24-39,45H2,1-5H3/b22-20-,23-21-/t40?,41-/m0/s1. The van der Waals surface area contributed by atoms with Gasteiger partial charge < -0.3 is 15.2 Å². The second kappa shape index (κ2) is 34.8. The van der Waals surface area contributed by atoms with Crippen molar-refractivity contribution in [2.24, 2.45) is 5.73 Å². The van der Waals surface area contributed by atoms with Crippen LogP contribution in [0.25, 0.3) is 0 Å². The van der Waals surface area contributed by atoms with Crippen LogP contribution in [0.2, 0.25) is 0 Å². The number of nitrogens with two attached hydrogens (primary N) is 1. The number of carbonyl (C=O) groups is 2. The van der Waals surface area contributed by atoms with Crippen LogP contribution in [0.4, 0.5) is 0 Å². The van der Waals surface area contributed by atoms with Gasteiger partial charge in [0.15, 0.2) is 0 Å². The minimum absolute atomic E-state index is 0.126. The number of carbonyl (C=O) groups excluding carboxylic acids is 2. The minimum Gasteiger partial charge on any atom is -0.461 e. The molecule has 0 heterocycles. The van der Waals surface area contributed by atoms with Crippen LogP contribution in [0.5, 0.6) is 0 Å². The number of ether oxygens (including phenoxy) is 2. The van der Waals surface area contributed by atoms with Gasteiger partial charge in [-0.25, -0.2) is 0 Å². The summed E-state index contributed by atoms with van der Waals surface area (Å²) in [6.45, 7) is 9.98. The van der Waals surface area contributed by atoms with Gasteiger partial charge in [-0.3, -0.25) is 9.59 Å². The van der Waals surface area contributed by atoms with Crippen molar-refractivity contribution >= 4 is 11.9 Å². The molecule has 0 bridgehead atoms. The second-order valence-corrected chi connectivity index (χ2v) is 15.6.